The maximum atomic E-state index is 13.9. The summed E-state index contributed by atoms with van der Waals surface area (Å²) in [6, 6.07) is 11.9. The quantitative estimate of drug-likeness (QED) is 0.390. The molecule has 0 bridgehead atoms. The minimum atomic E-state index is -3.71. The standard InChI is InChI=1S/C25H32ClN6O4PS/c1-5-31-12-14-37(33,15-13-31)18-10-11-19(21(16-18)36-4)32(25-28-24(27)23(26)29-30-25)20-8-6-7-9-22(20)38(34,35)17(2)3/h6-11,16-17H,5,12-15H2,1-4H3,(H2,27,28,30). The zero-order chi connectivity index (χ0) is 27.7. The van der Waals surface area contributed by atoms with Gasteiger partial charge in [0.2, 0.25) is 0 Å². The van der Waals surface area contributed by atoms with Crippen LogP contribution in [-0.2, 0) is 14.4 Å². The van der Waals surface area contributed by atoms with E-state index in [1.807, 2.05) is 0 Å². The van der Waals surface area contributed by atoms with Crippen LogP contribution in [0.3, 0.4) is 0 Å². The molecule has 0 amide bonds. The number of nitrogens with two attached hydrogens (primary N) is 1. The van der Waals surface area contributed by atoms with Crippen molar-refractivity contribution in [2.24, 2.45) is 0 Å². The van der Waals surface area contributed by atoms with E-state index in [0.29, 0.717) is 34.8 Å². The van der Waals surface area contributed by atoms with Crippen LogP contribution in [0.5, 0.6) is 5.75 Å². The van der Waals surface area contributed by atoms with Gasteiger partial charge in [0.1, 0.15) is 12.9 Å². The van der Waals surface area contributed by atoms with Gasteiger partial charge in [0.15, 0.2) is 20.8 Å². The van der Waals surface area contributed by atoms with Crippen LogP contribution in [-0.4, -0.2) is 72.8 Å². The molecule has 1 aliphatic rings. The molecule has 1 saturated heterocycles. The number of para-hydroxylation sites is 1. The SMILES string of the molecule is CCN1CCP(=O)(c2ccc(N(c3nnc(Cl)c(N)n3)c3ccccc3S(=O)(=O)C(C)C)c(OC)c2)CC1. The molecule has 0 aliphatic carbocycles. The summed E-state index contributed by atoms with van der Waals surface area (Å²) < 4.78 is 46.3. The Bertz CT molecular complexity index is 1470. The zero-order valence-corrected chi connectivity index (χ0v) is 24.3. The van der Waals surface area contributed by atoms with Crippen LogP contribution in [0.2, 0.25) is 5.15 Å². The number of benzene rings is 2. The van der Waals surface area contributed by atoms with Gasteiger partial charge in [-0.1, -0.05) is 30.7 Å². The van der Waals surface area contributed by atoms with Gasteiger partial charge >= 0.3 is 0 Å². The molecule has 10 nitrogen and oxygen atoms in total. The highest BCUT2D eigenvalue weighted by Crippen LogP contribution is 2.49. The van der Waals surface area contributed by atoms with E-state index in [4.69, 9.17) is 22.1 Å². The van der Waals surface area contributed by atoms with Crippen LogP contribution >= 0.6 is 18.7 Å². The molecule has 0 unspecified atom stereocenters. The number of hydrogen-bond donors (Lipinski definition) is 1. The molecular formula is C25H32ClN6O4PS. The molecule has 204 valence electrons. The molecule has 2 heterocycles. The highest BCUT2D eigenvalue weighted by Gasteiger charge is 2.33. The summed E-state index contributed by atoms with van der Waals surface area (Å²) in [6.45, 7) is 7.80. The molecule has 3 aromatic rings. The van der Waals surface area contributed by atoms with Gasteiger partial charge in [-0.05, 0) is 50.7 Å². The van der Waals surface area contributed by atoms with Gasteiger partial charge < -0.3 is 19.9 Å². The average Bonchev–Trinajstić information content (AvgIpc) is 2.91. The second-order valence-corrected chi connectivity index (χ2v) is 15.3. The predicted molar refractivity (Wildman–Crippen MR) is 152 cm³/mol. The van der Waals surface area contributed by atoms with Crippen LogP contribution in [0.25, 0.3) is 0 Å². The molecule has 38 heavy (non-hydrogen) atoms. The van der Waals surface area contributed by atoms with Gasteiger partial charge in [-0.3, -0.25) is 4.90 Å². The van der Waals surface area contributed by atoms with Crippen molar-refractivity contribution < 1.29 is 17.7 Å². The number of anilines is 4. The van der Waals surface area contributed by atoms with Crippen LogP contribution in [0, 0.1) is 0 Å². The molecule has 0 radical (unpaired) electrons. The van der Waals surface area contributed by atoms with Crippen molar-refractivity contribution in [3.63, 3.8) is 0 Å². The Morgan fingerprint density at radius 3 is 2.42 bits per heavy atom. The van der Waals surface area contributed by atoms with E-state index in [1.165, 1.54) is 18.1 Å². The van der Waals surface area contributed by atoms with E-state index in [9.17, 15) is 13.0 Å². The molecule has 1 aromatic heterocycles. The normalized spacial score (nSPS) is 15.9. The Labute approximate surface area is 228 Å². The molecule has 2 aromatic carbocycles. The fraction of sp³-hybridized carbons (Fsp3) is 0.400. The summed E-state index contributed by atoms with van der Waals surface area (Å²) in [5.41, 5.74) is 6.68. The monoisotopic (exact) mass is 578 g/mol. The first kappa shape index (κ1) is 28.3. The Kier molecular flexibility index (Phi) is 8.32. The molecule has 0 spiro atoms. The first-order chi connectivity index (χ1) is 18.0. The lowest BCUT2D eigenvalue weighted by molar-refractivity contribution is 0.312. The Morgan fingerprint density at radius 2 is 1.82 bits per heavy atom. The van der Waals surface area contributed by atoms with Gasteiger partial charge in [-0.15, -0.1) is 10.2 Å². The molecule has 1 aliphatic heterocycles. The highest BCUT2D eigenvalue weighted by atomic mass is 35.5. The zero-order valence-electron chi connectivity index (χ0n) is 21.8. The van der Waals surface area contributed by atoms with Crippen molar-refractivity contribution >= 4 is 57.0 Å². The minimum Gasteiger partial charge on any atom is -0.495 e. The third kappa shape index (κ3) is 5.38. The third-order valence-electron chi connectivity index (χ3n) is 6.77. The summed E-state index contributed by atoms with van der Waals surface area (Å²) >= 11 is 5.99. The van der Waals surface area contributed by atoms with Crippen molar-refractivity contribution in [2.45, 2.75) is 30.9 Å². The number of ether oxygens (including phenoxy) is 1. The van der Waals surface area contributed by atoms with Gasteiger partial charge in [-0.25, -0.2) is 8.42 Å². The largest absolute Gasteiger partial charge is 0.495 e. The van der Waals surface area contributed by atoms with Crippen LogP contribution in [0.15, 0.2) is 47.4 Å². The van der Waals surface area contributed by atoms with E-state index >= 15 is 0 Å². The van der Waals surface area contributed by atoms with Crippen LogP contribution < -0.4 is 20.7 Å². The second-order valence-electron chi connectivity index (χ2n) is 9.31. The van der Waals surface area contributed by atoms with Crippen molar-refractivity contribution in [1.29, 1.82) is 0 Å². The van der Waals surface area contributed by atoms with Crippen LogP contribution in [0.1, 0.15) is 20.8 Å². The van der Waals surface area contributed by atoms with E-state index in [-0.39, 0.29) is 21.8 Å². The summed E-state index contributed by atoms with van der Waals surface area (Å²) in [5.74, 6) is 0.324. The minimum absolute atomic E-state index is 0.00671. The molecule has 4 rings (SSSR count). The van der Waals surface area contributed by atoms with E-state index in [0.717, 1.165) is 19.6 Å². The molecule has 1 fully saturated rings. The van der Waals surface area contributed by atoms with Gasteiger partial charge in [0, 0.05) is 30.7 Å². The lowest BCUT2D eigenvalue weighted by Crippen LogP contribution is -2.36. The molecule has 0 atom stereocenters. The van der Waals surface area contributed by atoms with Gasteiger partial charge in [-0.2, -0.15) is 4.98 Å². The van der Waals surface area contributed by atoms with Crippen molar-refractivity contribution in [2.75, 3.05) is 49.7 Å². The Morgan fingerprint density at radius 1 is 1.13 bits per heavy atom. The second kappa shape index (κ2) is 11.2. The van der Waals surface area contributed by atoms with Crippen LogP contribution in [0.4, 0.5) is 23.1 Å². The molecule has 2 N–H and O–H groups in total. The molecular weight excluding hydrogens is 547 g/mol. The number of methoxy groups -OCH3 is 1. The Balaban J connectivity index is 1.91. The summed E-state index contributed by atoms with van der Waals surface area (Å²) in [4.78, 5) is 8.19. The fourth-order valence-corrected chi connectivity index (χ4v) is 8.36. The summed E-state index contributed by atoms with van der Waals surface area (Å²) in [5, 5.41) is 7.98. The first-order valence-corrected chi connectivity index (χ1v) is 16.3. The Hall–Kier alpha value is -2.72. The lowest BCUT2D eigenvalue weighted by atomic mass is 10.2. The molecule has 0 saturated carbocycles. The highest BCUT2D eigenvalue weighted by molar-refractivity contribution is 7.92. The van der Waals surface area contributed by atoms with Gasteiger partial charge in [0.25, 0.3) is 5.95 Å². The average molecular weight is 579 g/mol. The number of sulfone groups is 1. The maximum Gasteiger partial charge on any atom is 0.256 e. The van der Waals surface area contributed by atoms with Crippen molar-refractivity contribution in [1.82, 2.24) is 20.1 Å². The smallest absolute Gasteiger partial charge is 0.256 e. The number of nitrogen functional groups attached to an aromatic ring is 1. The number of aromatic nitrogens is 3. The lowest BCUT2D eigenvalue weighted by Gasteiger charge is -2.32. The van der Waals surface area contributed by atoms with E-state index in [1.54, 1.807) is 50.2 Å². The third-order valence-corrected chi connectivity index (χ3v) is 12.3. The number of rotatable bonds is 8. The first-order valence-electron chi connectivity index (χ1n) is 12.3. The van der Waals surface area contributed by atoms with Crippen molar-refractivity contribution in [3.8, 4) is 5.75 Å². The van der Waals surface area contributed by atoms with Gasteiger partial charge in [0.05, 0.1) is 28.6 Å². The van der Waals surface area contributed by atoms with E-state index in [2.05, 4.69) is 27.0 Å². The number of hydrogen-bond acceptors (Lipinski definition) is 10. The number of halogens is 1. The summed E-state index contributed by atoms with van der Waals surface area (Å²) in [7, 11) is -4.84. The maximum absolute atomic E-state index is 13.9. The predicted octanol–water partition coefficient (Wildman–Crippen LogP) is 4.09. The topological polar surface area (TPSA) is 132 Å². The summed E-state index contributed by atoms with van der Waals surface area (Å²) in [6.07, 6.45) is 1.17. The fourth-order valence-electron chi connectivity index (χ4n) is 4.40. The van der Waals surface area contributed by atoms with Crippen molar-refractivity contribution in [3.05, 3.63) is 47.6 Å². The number of nitrogens with zero attached hydrogens (tertiary/aromatic N) is 5. The van der Waals surface area contributed by atoms with E-state index < -0.39 is 22.2 Å². The molecule has 13 heteroatoms.